The molecule has 2 rings (SSSR count). The van der Waals surface area contributed by atoms with Crippen molar-refractivity contribution in [2.45, 2.75) is 13.8 Å². The number of hydrogen-bond acceptors (Lipinski definition) is 3. The van der Waals surface area contributed by atoms with Crippen molar-refractivity contribution in [2.24, 2.45) is 0 Å². The van der Waals surface area contributed by atoms with Crippen LogP contribution in [0.3, 0.4) is 0 Å². The summed E-state index contributed by atoms with van der Waals surface area (Å²) in [5, 5.41) is 1.04. The Morgan fingerprint density at radius 2 is 2.06 bits per heavy atom. The third kappa shape index (κ3) is 2.13. The molecule has 4 heteroatoms. The van der Waals surface area contributed by atoms with Gasteiger partial charge in [0.1, 0.15) is 15.4 Å². The highest BCUT2D eigenvalue weighted by atomic mass is 79.9. The average Bonchev–Trinajstić information content (AvgIpc) is 2.59. The third-order valence-electron chi connectivity index (χ3n) is 2.38. The van der Waals surface area contributed by atoms with Gasteiger partial charge in [-0.1, -0.05) is 0 Å². The van der Waals surface area contributed by atoms with Gasteiger partial charge in [0.25, 0.3) is 0 Å². The number of aromatic nitrogens is 1. The van der Waals surface area contributed by atoms with Gasteiger partial charge in [-0.15, -0.1) is 11.3 Å². The molecule has 0 fully saturated rings. The molecule has 0 saturated carbocycles. The highest BCUT2D eigenvalue weighted by molar-refractivity contribution is 9.10. The Kier molecular flexibility index (Phi) is 3.30. The zero-order valence-corrected chi connectivity index (χ0v) is 11.8. The molecule has 0 aliphatic carbocycles. The number of ether oxygens (including phenoxy) is 1. The van der Waals surface area contributed by atoms with Crippen molar-refractivity contribution < 1.29 is 4.74 Å². The lowest BCUT2D eigenvalue weighted by molar-refractivity contribution is 0.412. The molecule has 0 amide bonds. The fourth-order valence-electron chi connectivity index (χ4n) is 1.51. The standard InChI is InChI=1S/C12H12BrNOS/c1-7-6-9(4-5-10(7)15-3)12-14-11(13)8(2)16-12/h4-6H,1-3H3. The molecule has 1 heterocycles. The molecule has 0 radical (unpaired) electrons. The van der Waals surface area contributed by atoms with Gasteiger partial charge in [-0.2, -0.15) is 0 Å². The van der Waals surface area contributed by atoms with E-state index in [9.17, 15) is 0 Å². The molecule has 0 aliphatic heterocycles. The van der Waals surface area contributed by atoms with Gasteiger partial charge in [0.15, 0.2) is 0 Å². The van der Waals surface area contributed by atoms with Gasteiger partial charge < -0.3 is 4.74 Å². The molecular weight excluding hydrogens is 286 g/mol. The first-order valence-corrected chi connectivity index (χ1v) is 6.50. The number of aryl methyl sites for hydroxylation is 2. The van der Waals surface area contributed by atoms with Crippen LogP contribution in [0.15, 0.2) is 22.8 Å². The minimum Gasteiger partial charge on any atom is -0.496 e. The van der Waals surface area contributed by atoms with E-state index in [2.05, 4.69) is 33.9 Å². The first-order valence-electron chi connectivity index (χ1n) is 4.89. The van der Waals surface area contributed by atoms with Crippen molar-refractivity contribution in [2.75, 3.05) is 7.11 Å². The lowest BCUT2D eigenvalue weighted by Crippen LogP contribution is -1.87. The van der Waals surface area contributed by atoms with Crippen LogP contribution in [-0.4, -0.2) is 12.1 Å². The van der Waals surface area contributed by atoms with Gasteiger partial charge >= 0.3 is 0 Å². The Balaban J connectivity index is 2.45. The van der Waals surface area contributed by atoms with E-state index in [0.717, 1.165) is 26.5 Å². The van der Waals surface area contributed by atoms with Crippen LogP contribution in [0.4, 0.5) is 0 Å². The fourth-order valence-corrected chi connectivity index (χ4v) is 2.85. The number of thiazole rings is 1. The molecule has 0 bridgehead atoms. The van der Waals surface area contributed by atoms with Crippen LogP contribution in [0.25, 0.3) is 10.6 Å². The summed E-state index contributed by atoms with van der Waals surface area (Å²) in [6.07, 6.45) is 0. The quantitative estimate of drug-likeness (QED) is 0.829. The van der Waals surface area contributed by atoms with E-state index in [-0.39, 0.29) is 0 Å². The number of benzene rings is 1. The summed E-state index contributed by atoms with van der Waals surface area (Å²) in [5.74, 6) is 0.913. The van der Waals surface area contributed by atoms with Crippen LogP contribution in [0.1, 0.15) is 10.4 Å². The van der Waals surface area contributed by atoms with E-state index in [1.165, 1.54) is 4.88 Å². The highest BCUT2D eigenvalue weighted by Crippen LogP contribution is 2.32. The molecule has 1 aromatic carbocycles. The summed E-state index contributed by atoms with van der Waals surface area (Å²) in [7, 11) is 1.69. The smallest absolute Gasteiger partial charge is 0.124 e. The first-order chi connectivity index (χ1) is 7.61. The van der Waals surface area contributed by atoms with E-state index in [1.807, 2.05) is 19.1 Å². The van der Waals surface area contributed by atoms with Gasteiger partial charge in [0, 0.05) is 10.4 Å². The number of halogens is 1. The number of rotatable bonds is 2. The summed E-state index contributed by atoms with van der Waals surface area (Å²) in [5.41, 5.74) is 2.26. The Morgan fingerprint density at radius 1 is 1.31 bits per heavy atom. The van der Waals surface area contributed by atoms with Crippen LogP contribution in [0, 0.1) is 13.8 Å². The second-order valence-electron chi connectivity index (χ2n) is 3.55. The van der Waals surface area contributed by atoms with Gasteiger partial charge in [-0.25, -0.2) is 4.98 Å². The number of nitrogens with zero attached hydrogens (tertiary/aromatic N) is 1. The van der Waals surface area contributed by atoms with Crippen LogP contribution in [0.5, 0.6) is 5.75 Å². The zero-order valence-electron chi connectivity index (χ0n) is 9.37. The molecule has 0 atom stereocenters. The molecule has 84 valence electrons. The molecule has 1 aromatic heterocycles. The Labute approximate surface area is 107 Å². The van der Waals surface area contributed by atoms with Crippen molar-refractivity contribution in [1.29, 1.82) is 0 Å². The molecule has 2 aromatic rings. The molecule has 0 N–H and O–H groups in total. The molecular formula is C12H12BrNOS. The Hall–Kier alpha value is -0.870. The maximum atomic E-state index is 5.24. The van der Waals surface area contributed by atoms with E-state index in [4.69, 9.17) is 4.74 Å². The van der Waals surface area contributed by atoms with Crippen molar-refractivity contribution >= 4 is 27.3 Å². The fraction of sp³-hybridized carbons (Fsp3) is 0.250. The van der Waals surface area contributed by atoms with Gasteiger partial charge in [0.05, 0.1) is 7.11 Å². The Bertz CT molecular complexity index is 502. The van der Waals surface area contributed by atoms with Crippen molar-refractivity contribution in [3.63, 3.8) is 0 Å². The van der Waals surface area contributed by atoms with Crippen LogP contribution >= 0.6 is 27.3 Å². The molecule has 2 nitrogen and oxygen atoms in total. The number of hydrogen-bond donors (Lipinski definition) is 0. The van der Waals surface area contributed by atoms with Gasteiger partial charge in [0.2, 0.25) is 0 Å². The predicted octanol–water partition coefficient (Wildman–Crippen LogP) is 4.20. The largest absolute Gasteiger partial charge is 0.496 e. The summed E-state index contributed by atoms with van der Waals surface area (Å²) in [6, 6.07) is 6.12. The normalized spacial score (nSPS) is 10.5. The minimum atomic E-state index is 0.913. The molecule has 0 saturated heterocycles. The highest BCUT2D eigenvalue weighted by Gasteiger charge is 2.08. The summed E-state index contributed by atoms with van der Waals surface area (Å²) in [4.78, 5) is 5.67. The molecule has 0 aliphatic rings. The van der Waals surface area contributed by atoms with E-state index in [1.54, 1.807) is 18.4 Å². The van der Waals surface area contributed by atoms with Crippen LogP contribution in [-0.2, 0) is 0 Å². The average molecular weight is 298 g/mol. The summed E-state index contributed by atoms with van der Waals surface area (Å²) in [6.45, 7) is 4.10. The Morgan fingerprint density at radius 3 is 2.56 bits per heavy atom. The van der Waals surface area contributed by atoms with Crippen molar-refractivity contribution in [3.8, 4) is 16.3 Å². The number of methoxy groups -OCH3 is 1. The van der Waals surface area contributed by atoms with Crippen molar-refractivity contribution in [1.82, 2.24) is 4.98 Å². The topological polar surface area (TPSA) is 22.1 Å². The van der Waals surface area contributed by atoms with E-state index < -0.39 is 0 Å². The first kappa shape index (κ1) is 11.6. The van der Waals surface area contributed by atoms with E-state index in [0.29, 0.717) is 0 Å². The monoisotopic (exact) mass is 297 g/mol. The third-order valence-corrected chi connectivity index (χ3v) is 4.44. The minimum absolute atomic E-state index is 0.913. The van der Waals surface area contributed by atoms with Gasteiger partial charge in [-0.3, -0.25) is 0 Å². The molecule has 0 spiro atoms. The predicted molar refractivity (Wildman–Crippen MR) is 71.3 cm³/mol. The zero-order chi connectivity index (χ0) is 11.7. The van der Waals surface area contributed by atoms with Gasteiger partial charge in [-0.05, 0) is 53.5 Å². The summed E-state index contributed by atoms with van der Waals surface area (Å²) >= 11 is 5.13. The van der Waals surface area contributed by atoms with Crippen LogP contribution in [0.2, 0.25) is 0 Å². The van der Waals surface area contributed by atoms with Crippen molar-refractivity contribution in [3.05, 3.63) is 33.2 Å². The second-order valence-corrected chi connectivity index (χ2v) is 5.50. The SMILES string of the molecule is COc1ccc(-c2nc(Br)c(C)s2)cc1C. The second kappa shape index (κ2) is 4.55. The maximum Gasteiger partial charge on any atom is 0.124 e. The lowest BCUT2D eigenvalue weighted by Gasteiger charge is -2.05. The van der Waals surface area contributed by atoms with E-state index >= 15 is 0 Å². The molecule has 16 heavy (non-hydrogen) atoms. The van der Waals surface area contributed by atoms with Crippen LogP contribution < -0.4 is 4.74 Å². The summed E-state index contributed by atoms with van der Waals surface area (Å²) < 4.78 is 6.17. The maximum absolute atomic E-state index is 5.24. The molecule has 0 unspecified atom stereocenters. The lowest BCUT2D eigenvalue weighted by atomic mass is 10.1.